The molecule has 5 nitrogen and oxygen atoms in total. The maximum absolute atomic E-state index is 5.03. The molecule has 1 aliphatic heterocycles. The number of nitrogens with zero attached hydrogens (tertiary/aromatic N) is 5. The zero-order chi connectivity index (χ0) is 26.6. The molecule has 1 aromatic heterocycles. The molecule has 0 aliphatic carbocycles. The molecule has 5 heteroatoms. The molecule has 5 rings (SSSR count). The molecular weight excluding hydrogens is 466 g/mol. The first kappa shape index (κ1) is 25.3. The molecule has 0 fully saturated rings. The van der Waals surface area contributed by atoms with E-state index in [1.807, 2.05) is 6.07 Å². The number of hydrogen-bond donors (Lipinski definition) is 0. The van der Waals surface area contributed by atoms with Gasteiger partial charge in [0.05, 0.1) is 17.3 Å². The number of aryl methyl sites for hydroxylation is 1. The summed E-state index contributed by atoms with van der Waals surface area (Å²) in [5.74, 6) is 0.873. The fraction of sp³-hybridized carbons (Fsp3) is 0.212. The lowest BCUT2D eigenvalue weighted by molar-refractivity contribution is 0.778. The molecule has 0 bridgehead atoms. The number of hydrazone groups is 1. The van der Waals surface area contributed by atoms with Crippen molar-refractivity contribution in [1.82, 2.24) is 4.98 Å². The van der Waals surface area contributed by atoms with Crippen molar-refractivity contribution in [3.05, 3.63) is 108 Å². The highest BCUT2D eigenvalue weighted by Crippen LogP contribution is 2.29. The van der Waals surface area contributed by atoms with Crippen LogP contribution in [0.2, 0.25) is 0 Å². The Morgan fingerprint density at radius 3 is 2.00 bits per heavy atom. The van der Waals surface area contributed by atoms with Crippen molar-refractivity contribution in [2.24, 2.45) is 5.10 Å². The minimum Gasteiger partial charge on any atom is -0.378 e. The average molecular weight is 502 g/mol. The highest BCUT2D eigenvalue weighted by molar-refractivity contribution is 6.01. The Morgan fingerprint density at radius 1 is 0.763 bits per heavy atom. The van der Waals surface area contributed by atoms with E-state index in [1.165, 1.54) is 27.9 Å². The summed E-state index contributed by atoms with van der Waals surface area (Å²) in [5.41, 5.74) is 7.93. The quantitative estimate of drug-likeness (QED) is 0.272. The first-order valence-electron chi connectivity index (χ1n) is 13.0. The topological polar surface area (TPSA) is 35.0 Å². The van der Waals surface area contributed by atoms with Crippen molar-refractivity contribution < 1.29 is 0 Å². The van der Waals surface area contributed by atoms with Crippen LogP contribution in [0.1, 0.15) is 23.1 Å². The molecule has 38 heavy (non-hydrogen) atoms. The Morgan fingerprint density at radius 2 is 1.37 bits per heavy atom. The molecule has 1 unspecified atom stereocenters. The lowest BCUT2D eigenvalue weighted by Crippen LogP contribution is -2.25. The van der Waals surface area contributed by atoms with Gasteiger partial charge in [0.1, 0.15) is 5.82 Å². The third-order valence-electron chi connectivity index (χ3n) is 6.91. The summed E-state index contributed by atoms with van der Waals surface area (Å²) in [6, 6.07) is 27.7. The van der Waals surface area contributed by atoms with Crippen LogP contribution < -0.4 is 14.8 Å². The van der Waals surface area contributed by atoms with Crippen molar-refractivity contribution in [3.63, 3.8) is 0 Å². The maximum Gasteiger partial charge on any atom is 0.150 e. The van der Waals surface area contributed by atoms with E-state index in [9.17, 15) is 0 Å². The lowest BCUT2D eigenvalue weighted by atomic mass is 10.1. The number of benzene rings is 3. The Bertz CT molecular complexity index is 1500. The lowest BCUT2D eigenvalue weighted by Gasteiger charge is -2.21. The van der Waals surface area contributed by atoms with E-state index in [1.54, 1.807) is 0 Å². The third kappa shape index (κ3) is 5.62. The van der Waals surface area contributed by atoms with Gasteiger partial charge in [0.25, 0.3) is 0 Å². The third-order valence-corrected chi connectivity index (χ3v) is 6.91. The maximum atomic E-state index is 5.03. The molecule has 2 heterocycles. The summed E-state index contributed by atoms with van der Waals surface area (Å²) >= 11 is 0. The minimum absolute atomic E-state index is 0.0763. The second kappa shape index (κ2) is 10.9. The van der Waals surface area contributed by atoms with Gasteiger partial charge in [-0.1, -0.05) is 60.7 Å². The minimum atomic E-state index is 0.0763. The summed E-state index contributed by atoms with van der Waals surface area (Å²) < 4.78 is 0. The van der Waals surface area contributed by atoms with Crippen LogP contribution in [0.15, 0.2) is 96.1 Å². The zero-order valence-electron chi connectivity index (χ0n) is 22.8. The molecule has 0 radical (unpaired) electrons. The van der Waals surface area contributed by atoms with Crippen molar-refractivity contribution in [1.29, 1.82) is 0 Å². The van der Waals surface area contributed by atoms with E-state index in [4.69, 9.17) is 10.1 Å². The van der Waals surface area contributed by atoms with Crippen LogP contribution in [0, 0.1) is 6.92 Å². The molecule has 0 amide bonds. The zero-order valence-corrected chi connectivity index (χ0v) is 22.8. The van der Waals surface area contributed by atoms with Crippen molar-refractivity contribution in [3.8, 4) is 0 Å². The van der Waals surface area contributed by atoms with E-state index in [2.05, 4.69) is 147 Å². The molecular formula is C33H35N5. The fourth-order valence-electron chi connectivity index (χ4n) is 4.66. The predicted molar refractivity (Wildman–Crippen MR) is 164 cm³/mol. The van der Waals surface area contributed by atoms with Crippen LogP contribution >= 0.6 is 0 Å². The molecule has 0 spiro atoms. The first-order chi connectivity index (χ1) is 18.4. The highest BCUT2D eigenvalue weighted by atomic mass is 15.5. The number of para-hydroxylation sites is 1. The SMILES string of the molecule is Cc1cc(N2N=C(C=Cc3ccc(N(C)C)cc3)CC2C=Cc2ccc(N(C)C)cc2)nc2ccccc12. The number of aromatic nitrogens is 1. The highest BCUT2D eigenvalue weighted by Gasteiger charge is 2.26. The molecule has 3 aromatic carbocycles. The number of allylic oxidation sites excluding steroid dienone is 1. The number of anilines is 3. The Labute approximate surface area is 226 Å². The predicted octanol–water partition coefficient (Wildman–Crippen LogP) is 7.04. The number of hydrogen-bond acceptors (Lipinski definition) is 5. The van der Waals surface area contributed by atoms with Gasteiger partial charge in [-0.25, -0.2) is 9.99 Å². The summed E-state index contributed by atoms with van der Waals surface area (Å²) in [6.07, 6.45) is 9.51. The molecule has 0 N–H and O–H groups in total. The van der Waals surface area contributed by atoms with Gasteiger partial charge in [0, 0.05) is 51.4 Å². The van der Waals surface area contributed by atoms with Crippen LogP contribution in [0.4, 0.5) is 17.2 Å². The van der Waals surface area contributed by atoms with Crippen LogP contribution in [-0.2, 0) is 0 Å². The van der Waals surface area contributed by atoms with Gasteiger partial charge in [-0.3, -0.25) is 0 Å². The smallest absolute Gasteiger partial charge is 0.150 e. The monoisotopic (exact) mass is 501 g/mol. The van der Waals surface area contributed by atoms with Crippen molar-refractivity contribution >= 4 is 46.0 Å². The standard InChI is InChI=1S/C33H35N5/c1-24-22-33(34-32-9-7-6-8-31(24)32)38-30(21-15-26-13-19-29(20-14-26)37(4)5)23-27(35-38)16-10-25-11-17-28(18-12-25)36(2)3/h6-22,30H,23H2,1-5H3. The number of fused-ring (bicyclic) bond motifs is 1. The van der Waals surface area contributed by atoms with Gasteiger partial charge >= 0.3 is 0 Å². The molecule has 1 aliphatic rings. The van der Waals surface area contributed by atoms with Crippen molar-refractivity contribution in [2.75, 3.05) is 43.0 Å². The Balaban J connectivity index is 1.44. The van der Waals surface area contributed by atoms with Gasteiger partial charge in [0.2, 0.25) is 0 Å². The summed E-state index contributed by atoms with van der Waals surface area (Å²) in [5, 5.41) is 8.28. The van der Waals surface area contributed by atoms with Gasteiger partial charge in [-0.2, -0.15) is 5.10 Å². The number of rotatable bonds is 7. The second-order valence-electron chi connectivity index (χ2n) is 10.2. The fourth-order valence-corrected chi connectivity index (χ4v) is 4.66. The van der Waals surface area contributed by atoms with Crippen LogP contribution in [0.25, 0.3) is 23.1 Å². The molecule has 0 saturated heterocycles. The molecule has 4 aromatic rings. The van der Waals surface area contributed by atoms with Gasteiger partial charge in [0.15, 0.2) is 0 Å². The first-order valence-corrected chi connectivity index (χ1v) is 13.0. The van der Waals surface area contributed by atoms with Crippen molar-refractivity contribution in [2.45, 2.75) is 19.4 Å². The van der Waals surface area contributed by atoms with Crippen LogP contribution in [-0.4, -0.2) is 44.9 Å². The van der Waals surface area contributed by atoms with E-state index in [0.29, 0.717) is 0 Å². The molecule has 0 saturated carbocycles. The van der Waals surface area contributed by atoms with Crippen LogP contribution in [0.3, 0.4) is 0 Å². The summed E-state index contributed by atoms with van der Waals surface area (Å²) in [7, 11) is 8.23. The van der Waals surface area contributed by atoms with E-state index in [-0.39, 0.29) is 6.04 Å². The van der Waals surface area contributed by atoms with E-state index in [0.717, 1.165) is 29.0 Å². The van der Waals surface area contributed by atoms with E-state index >= 15 is 0 Å². The normalized spacial score (nSPS) is 15.6. The summed E-state index contributed by atoms with van der Waals surface area (Å²) in [6.45, 7) is 2.14. The summed E-state index contributed by atoms with van der Waals surface area (Å²) in [4.78, 5) is 9.20. The largest absolute Gasteiger partial charge is 0.378 e. The van der Waals surface area contributed by atoms with Gasteiger partial charge in [-0.05, 0) is 66.1 Å². The second-order valence-corrected chi connectivity index (χ2v) is 10.2. The van der Waals surface area contributed by atoms with Crippen LogP contribution in [0.5, 0.6) is 0 Å². The Hall–Kier alpha value is -4.38. The molecule has 1 atom stereocenters. The van der Waals surface area contributed by atoms with Gasteiger partial charge in [-0.15, -0.1) is 0 Å². The molecule has 192 valence electrons. The van der Waals surface area contributed by atoms with Gasteiger partial charge < -0.3 is 9.80 Å². The average Bonchev–Trinajstić information content (AvgIpc) is 3.34. The van der Waals surface area contributed by atoms with E-state index < -0.39 is 0 Å². The number of pyridine rings is 1. The Kier molecular flexibility index (Phi) is 7.27.